The van der Waals surface area contributed by atoms with E-state index in [1.54, 1.807) is 26.0 Å². The molecule has 0 bridgehead atoms. The number of hydrazine groups is 1. The number of benzene rings is 1. The van der Waals surface area contributed by atoms with Gasteiger partial charge in [0.05, 0.1) is 30.8 Å². The number of rotatable bonds is 5. The van der Waals surface area contributed by atoms with Crippen LogP contribution in [0.25, 0.3) is 0 Å². The fraction of sp³-hybridized carbons (Fsp3) is 0.538. The first kappa shape index (κ1) is 16.2. The molecule has 1 aromatic rings. The molecular weight excluding hydrogens is 294 g/mol. The summed E-state index contributed by atoms with van der Waals surface area (Å²) in [6.45, 7) is 5.11. The van der Waals surface area contributed by atoms with Gasteiger partial charge in [-0.2, -0.15) is 0 Å². The average Bonchev–Trinajstić information content (AvgIpc) is 2.45. The van der Waals surface area contributed by atoms with Crippen molar-refractivity contribution >= 4 is 15.7 Å². The summed E-state index contributed by atoms with van der Waals surface area (Å²) in [5.41, 5.74) is 4.46. The van der Waals surface area contributed by atoms with Gasteiger partial charge in [0, 0.05) is 12.2 Å². The van der Waals surface area contributed by atoms with E-state index in [0.29, 0.717) is 36.6 Å². The standard InChI is InChI=1S/C13H21N3O4S/c1-9-5-11(16-14)6-10(2)13(9)21(17,18)15-7-12-8-19-3-4-20-12/h5-6,12,15-16H,3-4,7-8,14H2,1-2H3. The molecule has 8 heteroatoms. The summed E-state index contributed by atoms with van der Waals surface area (Å²) in [4.78, 5) is 0.276. The van der Waals surface area contributed by atoms with E-state index < -0.39 is 10.0 Å². The predicted octanol–water partition coefficient (Wildman–Crippen LogP) is 0.283. The van der Waals surface area contributed by atoms with E-state index in [4.69, 9.17) is 15.3 Å². The Hall–Kier alpha value is -1.19. The first-order valence-corrected chi connectivity index (χ1v) is 8.19. The van der Waals surface area contributed by atoms with Crippen molar-refractivity contribution in [2.24, 2.45) is 5.84 Å². The fourth-order valence-corrected chi connectivity index (χ4v) is 3.90. The van der Waals surface area contributed by atoms with Gasteiger partial charge in [-0.15, -0.1) is 0 Å². The van der Waals surface area contributed by atoms with Crippen molar-refractivity contribution in [1.82, 2.24) is 4.72 Å². The zero-order chi connectivity index (χ0) is 15.5. The number of hydrogen-bond acceptors (Lipinski definition) is 6. The highest BCUT2D eigenvalue weighted by Gasteiger charge is 2.23. The maximum absolute atomic E-state index is 12.5. The quantitative estimate of drug-likeness (QED) is 0.533. The molecule has 1 aliphatic heterocycles. The largest absolute Gasteiger partial charge is 0.376 e. The van der Waals surface area contributed by atoms with Crippen LogP contribution >= 0.6 is 0 Å². The summed E-state index contributed by atoms with van der Waals surface area (Å²) in [5.74, 6) is 5.36. The Morgan fingerprint density at radius 3 is 2.48 bits per heavy atom. The SMILES string of the molecule is Cc1cc(NN)cc(C)c1S(=O)(=O)NCC1COCCO1. The van der Waals surface area contributed by atoms with Crippen molar-refractivity contribution in [3.8, 4) is 0 Å². The molecule has 0 aromatic heterocycles. The Morgan fingerprint density at radius 1 is 1.29 bits per heavy atom. The molecule has 0 saturated carbocycles. The molecule has 1 saturated heterocycles. The summed E-state index contributed by atoms with van der Waals surface area (Å²) < 4.78 is 38.2. The van der Waals surface area contributed by atoms with Gasteiger partial charge in [-0.05, 0) is 37.1 Å². The number of ether oxygens (including phenoxy) is 2. The molecule has 118 valence electrons. The third kappa shape index (κ3) is 3.92. The summed E-state index contributed by atoms with van der Waals surface area (Å²) in [7, 11) is -3.60. The van der Waals surface area contributed by atoms with Gasteiger partial charge in [0.1, 0.15) is 0 Å². The predicted molar refractivity (Wildman–Crippen MR) is 79.5 cm³/mol. The molecule has 1 fully saturated rings. The van der Waals surface area contributed by atoms with Crippen LogP contribution in [0.5, 0.6) is 0 Å². The minimum atomic E-state index is -3.60. The second-order valence-corrected chi connectivity index (χ2v) is 6.71. The lowest BCUT2D eigenvalue weighted by Gasteiger charge is -2.23. The van der Waals surface area contributed by atoms with E-state index in [9.17, 15) is 8.42 Å². The third-order valence-electron chi connectivity index (χ3n) is 3.28. The summed E-state index contributed by atoms with van der Waals surface area (Å²) in [6, 6.07) is 3.39. The number of nitrogens with two attached hydrogens (primary N) is 1. The van der Waals surface area contributed by atoms with Crippen molar-refractivity contribution in [2.75, 3.05) is 31.8 Å². The minimum Gasteiger partial charge on any atom is -0.376 e. The zero-order valence-corrected chi connectivity index (χ0v) is 13.0. The molecule has 0 radical (unpaired) electrons. The van der Waals surface area contributed by atoms with Crippen LogP contribution in [0.1, 0.15) is 11.1 Å². The summed E-state index contributed by atoms with van der Waals surface area (Å²) >= 11 is 0. The topological polar surface area (TPSA) is 103 Å². The third-order valence-corrected chi connectivity index (χ3v) is 5.01. The van der Waals surface area contributed by atoms with Crippen LogP contribution in [0.3, 0.4) is 0 Å². The molecule has 1 heterocycles. The molecule has 1 atom stereocenters. The van der Waals surface area contributed by atoms with Gasteiger partial charge in [-0.3, -0.25) is 5.84 Å². The highest BCUT2D eigenvalue weighted by atomic mass is 32.2. The van der Waals surface area contributed by atoms with Crippen molar-refractivity contribution in [1.29, 1.82) is 0 Å². The van der Waals surface area contributed by atoms with E-state index in [1.807, 2.05) is 0 Å². The van der Waals surface area contributed by atoms with Gasteiger partial charge in [0.2, 0.25) is 10.0 Å². The van der Waals surface area contributed by atoms with Crippen LogP contribution in [0.2, 0.25) is 0 Å². The molecule has 2 rings (SSSR count). The molecule has 0 spiro atoms. The maximum Gasteiger partial charge on any atom is 0.241 e. The molecule has 0 aliphatic carbocycles. The molecule has 0 amide bonds. The molecule has 1 unspecified atom stereocenters. The number of nitrogens with one attached hydrogen (secondary N) is 2. The van der Waals surface area contributed by atoms with Gasteiger partial charge in [-0.25, -0.2) is 13.1 Å². The van der Waals surface area contributed by atoms with Crippen LogP contribution in [-0.4, -0.2) is 40.9 Å². The molecule has 7 nitrogen and oxygen atoms in total. The van der Waals surface area contributed by atoms with Crippen molar-refractivity contribution in [3.05, 3.63) is 23.3 Å². The Morgan fingerprint density at radius 2 is 1.95 bits per heavy atom. The lowest BCUT2D eigenvalue weighted by molar-refractivity contribution is -0.0846. The molecule has 21 heavy (non-hydrogen) atoms. The number of sulfonamides is 1. The normalized spacial score (nSPS) is 19.5. The van der Waals surface area contributed by atoms with Gasteiger partial charge in [0.25, 0.3) is 0 Å². The Bertz CT molecular complexity index is 574. The van der Waals surface area contributed by atoms with Crippen molar-refractivity contribution < 1.29 is 17.9 Å². The fourth-order valence-electron chi connectivity index (χ4n) is 2.39. The monoisotopic (exact) mass is 315 g/mol. The van der Waals surface area contributed by atoms with E-state index in [1.165, 1.54) is 0 Å². The van der Waals surface area contributed by atoms with Gasteiger partial charge >= 0.3 is 0 Å². The second-order valence-electron chi connectivity index (χ2n) is 5.00. The van der Waals surface area contributed by atoms with E-state index in [2.05, 4.69) is 10.1 Å². The number of nitrogen functional groups attached to an aromatic ring is 1. The molecule has 1 aliphatic rings. The van der Waals surface area contributed by atoms with Crippen LogP contribution in [-0.2, 0) is 19.5 Å². The molecule has 4 N–H and O–H groups in total. The van der Waals surface area contributed by atoms with E-state index >= 15 is 0 Å². The lowest BCUT2D eigenvalue weighted by atomic mass is 10.1. The first-order valence-electron chi connectivity index (χ1n) is 6.71. The number of anilines is 1. The van der Waals surface area contributed by atoms with Crippen LogP contribution in [0, 0.1) is 13.8 Å². The maximum atomic E-state index is 12.5. The van der Waals surface area contributed by atoms with Gasteiger partial charge in [-0.1, -0.05) is 0 Å². The van der Waals surface area contributed by atoms with Crippen molar-refractivity contribution in [3.63, 3.8) is 0 Å². The molecular formula is C13H21N3O4S. The summed E-state index contributed by atoms with van der Waals surface area (Å²) in [6.07, 6.45) is -0.251. The second kappa shape index (κ2) is 6.71. The highest BCUT2D eigenvalue weighted by molar-refractivity contribution is 7.89. The Kier molecular flexibility index (Phi) is 5.17. The van der Waals surface area contributed by atoms with Crippen molar-refractivity contribution in [2.45, 2.75) is 24.8 Å². The Labute approximate surface area is 124 Å². The van der Waals surface area contributed by atoms with E-state index in [-0.39, 0.29) is 17.5 Å². The zero-order valence-electron chi connectivity index (χ0n) is 12.2. The number of hydrogen-bond donors (Lipinski definition) is 3. The average molecular weight is 315 g/mol. The van der Waals surface area contributed by atoms with Gasteiger partial charge in [0.15, 0.2) is 0 Å². The number of aryl methyl sites for hydroxylation is 2. The summed E-state index contributed by atoms with van der Waals surface area (Å²) in [5, 5.41) is 0. The molecule has 1 aromatic carbocycles. The van der Waals surface area contributed by atoms with Gasteiger partial charge < -0.3 is 14.9 Å². The van der Waals surface area contributed by atoms with Crippen LogP contribution in [0.4, 0.5) is 5.69 Å². The van der Waals surface area contributed by atoms with E-state index in [0.717, 1.165) is 0 Å². The lowest BCUT2D eigenvalue weighted by Crippen LogP contribution is -2.40. The van der Waals surface area contributed by atoms with Crippen LogP contribution < -0.4 is 16.0 Å². The first-order chi connectivity index (χ1) is 9.94. The Balaban J connectivity index is 2.15. The highest BCUT2D eigenvalue weighted by Crippen LogP contribution is 2.24. The minimum absolute atomic E-state index is 0.193. The van der Waals surface area contributed by atoms with Crippen LogP contribution in [0.15, 0.2) is 17.0 Å². The smallest absolute Gasteiger partial charge is 0.241 e.